The molecule has 0 aliphatic carbocycles. The maximum absolute atomic E-state index is 13.1. The highest BCUT2D eigenvalue weighted by molar-refractivity contribution is 6.09. The summed E-state index contributed by atoms with van der Waals surface area (Å²) >= 11 is 0. The first-order valence-corrected chi connectivity index (χ1v) is 11.2. The maximum Gasteiger partial charge on any atom is 0.291 e. The Balaban J connectivity index is 1.29. The summed E-state index contributed by atoms with van der Waals surface area (Å²) in [5, 5.41) is 2.84. The van der Waals surface area contributed by atoms with E-state index in [-0.39, 0.29) is 17.6 Å². The lowest BCUT2D eigenvalue weighted by molar-refractivity contribution is -0.115. The number of carbonyl (C=O) groups is 2. The van der Waals surface area contributed by atoms with Gasteiger partial charge in [-0.3, -0.25) is 9.59 Å². The first-order valence-electron chi connectivity index (χ1n) is 11.2. The number of amides is 2. The summed E-state index contributed by atoms with van der Waals surface area (Å²) in [6, 6.07) is 22.7. The lowest BCUT2D eigenvalue weighted by Gasteiger charge is -2.36. The molecule has 2 heterocycles. The van der Waals surface area contributed by atoms with Gasteiger partial charge in [0.2, 0.25) is 0 Å². The van der Waals surface area contributed by atoms with Gasteiger partial charge in [0.05, 0.1) is 12.8 Å². The Kier molecular flexibility index (Phi) is 5.91. The fourth-order valence-corrected chi connectivity index (χ4v) is 4.21. The zero-order valence-electron chi connectivity index (χ0n) is 18.9. The zero-order chi connectivity index (χ0) is 23.5. The van der Waals surface area contributed by atoms with E-state index in [1.165, 1.54) is 5.69 Å². The van der Waals surface area contributed by atoms with Crippen molar-refractivity contribution in [2.45, 2.75) is 0 Å². The van der Waals surface area contributed by atoms with E-state index in [0.717, 1.165) is 18.7 Å². The van der Waals surface area contributed by atoms with Crippen LogP contribution in [0.3, 0.4) is 0 Å². The summed E-state index contributed by atoms with van der Waals surface area (Å²) in [5.41, 5.74) is 2.91. The van der Waals surface area contributed by atoms with Gasteiger partial charge in [-0.1, -0.05) is 36.4 Å². The van der Waals surface area contributed by atoms with Gasteiger partial charge < -0.3 is 24.6 Å². The molecular weight excluding hydrogens is 430 g/mol. The van der Waals surface area contributed by atoms with E-state index in [1.54, 1.807) is 31.4 Å². The van der Waals surface area contributed by atoms with Crippen LogP contribution in [0.2, 0.25) is 0 Å². The number of carbonyl (C=O) groups excluding carboxylic acids is 2. The minimum Gasteiger partial charge on any atom is -0.496 e. The Morgan fingerprint density at radius 1 is 0.971 bits per heavy atom. The lowest BCUT2D eigenvalue weighted by atomic mass is 10.1. The molecule has 0 radical (unpaired) electrons. The number of ether oxygens (including phenoxy) is 2. The fourth-order valence-electron chi connectivity index (χ4n) is 4.21. The second-order valence-corrected chi connectivity index (χ2v) is 8.13. The zero-order valence-corrected chi connectivity index (χ0v) is 18.9. The molecule has 0 spiro atoms. The number of hydrogen-bond acceptors (Lipinski definition) is 5. The van der Waals surface area contributed by atoms with Crippen molar-refractivity contribution in [2.24, 2.45) is 0 Å². The van der Waals surface area contributed by atoms with Crippen LogP contribution in [0.4, 0.5) is 11.4 Å². The largest absolute Gasteiger partial charge is 0.496 e. The summed E-state index contributed by atoms with van der Waals surface area (Å²) in [4.78, 5) is 29.9. The molecule has 0 bridgehead atoms. The quantitative estimate of drug-likeness (QED) is 0.602. The van der Waals surface area contributed by atoms with Crippen molar-refractivity contribution in [3.63, 3.8) is 0 Å². The van der Waals surface area contributed by atoms with Crippen molar-refractivity contribution in [3.8, 4) is 11.5 Å². The minimum absolute atomic E-state index is 0.0554. The number of benzene rings is 3. The Bertz CT molecular complexity index is 1250. The standard InChI is InChI=1S/C27H25N3O4/c1-33-23-10-6-5-7-19(23)18-25-26(31)28-22-17-20(11-12-24(22)34-25)27(32)30-15-13-29(14-16-30)21-8-3-2-4-9-21/h2-12,17-18H,13-16H2,1H3,(H,28,31)/b25-18-. The van der Waals surface area contributed by atoms with E-state index in [4.69, 9.17) is 9.47 Å². The third kappa shape index (κ3) is 4.32. The van der Waals surface area contributed by atoms with E-state index in [0.29, 0.717) is 35.8 Å². The average Bonchev–Trinajstić information content (AvgIpc) is 2.89. The van der Waals surface area contributed by atoms with E-state index < -0.39 is 0 Å². The Labute approximate surface area is 198 Å². The van der Waals surface area contributed by atoms with Crippen LogP contribution in [0.15, 0.2) is 78.6 Å². The third-order valence-corrected chi connectivity index (χ3v) is 6.03. The number of fused-ring (bicyclic) bond motifs is 1. The molecule has 3 aromatic rings. The van der Waals surface area contributed by atoms with Crippen molar-refractivity contribution < 1.29 is 19.1 Å². The average molecular weight is 456 g/mol. The van der Waals surface area contributed by atoms with Crippen LogP contribution < -0.4 is 19.7 Å². The van der Waals surface area contributed by atoms with Crippen LogP contribution in [0, 0.1) is 0 Å². The first kappa shape index (κ1) is 21.6. The minimum atomic E-state index is -0.375. The van der Waals surface area contributed by atoms with Crippen molar-refractivity contribution in [1.29, 1.82) is 0 Å². The van der Waals surface area contributed by atoms with E-state index in [9.17, 15) is 9.59 Å². The number of nitrogens with one attached hydrogen (secondary N) is 1. The molecule has 5 rings (SSSR count). The summed E-state index contributed by atoms with van der Waals surface area (Å²) in [7, 11) is 1.58. The van der Waals surface area contributed by atoms with Crippen LogP contribution in [-0.2, 0) is 4.79 Å². The number of rotatable bonds is 4. The summed E-state index contributed by atoms with van der Waals surface area (Å²) in [6.07, 6.45) is 1.64. The van der Waals surface area contributed by atoms with Crippen molar-refractivity contribution in [3.05, 3.63) is 89.7 Å². The van der Waals surface area contributed by atoms with Gasteiger partial charge in [-0.25, -0.2) is 0 Å². The van der Waals surface area contributed by atoms with Crippen molar-refractivity contribution >= 4 is 29.3 Å². The highest BCUT2D eigenvalue weighted by Gasteiger charge is 2.26. The number of piperazine rings is 1. The Morgan fingerprint density at radius 2 is 1.71 bits per heavy atom. The van der Waals surface area contributed by atoms with E-state index in [2.05, 4.69) is 22.3 Å². The Hall–Kier alpha value is -4.26. The molecule has 0 saturated carbocycles. The summed E-state index contributed by atoms with van der Waals surface area (Å²) < 4.78 is 11.2. The van der Waals surface area contributed by atoms with Crippen LogP contribution in [0.25, 0.3) is 6.08 Å². The number of anilines is 2. The molecule has 1 N–H and O–H groups in total. The number of nitrogens with zero attached hydrogens (tertiary/aromatic N) is 2. The molecule has 7 heteroatoms. The molecule has 0 unspecified atom stereocenters. The number of para-hydroxylation sites is 2. The molecule has 2 aliphatic rings. The number of hydrogen-bond donors (Lipinski definition) is 1. The van der Waals surface area contributed by atoms with Gasteiger partial charge in [-0.15, -0.1) is 0 Å². The SMILES string of the molecule is COc1ccccc1/C=C1\Oc2ccc(C(=O)N3CCN(c4ccccc4)CC3)cc2NC1=O. The van der Waals surface area contributed by atoms with Crippen molar-refractivity contribution in [2.75, 3.05) is 43.5 Å². The van der Waals surface area contributed by atoms with Gasteiger partial charge in [0.1, 0.15) is 5.75 Å². The second kappa shape index (κ2) is 9.31. The van der Waals surface area contributed by atoms with Crippen LogP contribution in [-0.4, -0.2) is 50.0 Å². The van der Waals surface area contributed by atoms with E-state index in [1.807, 2.05) is 47.4 Å². The van der Waals surface area contributed by atoms with Gasteiger partial charge in [0, 0.05) is 43.0 Å². The molecule has 34 heavy (non-hydrogen) atoms. The molecule has 0 aromatic heterocycles. The van der Waals surface area contributed by atoms with Crippen LogP contribution in [0.1, 0.15) is 15.9 Å². The molecule has 1 fully saturated rings. The monoisotopic (exact) mass is 455 g/mol. The fraction of sp³-hybridized carbons (Fsp3) is 0.185. The third-order valence-electron chi connectivity index (χ3n) is 6.03. The Morgan fingerprint density at radius 3 is 2.47 bits per heavy atom. The van der Waals surface area contributed by atoms with Crippen molar-refractivity contribution in [1.82, 2.24) is 4.90 Å². The van der Waals surface area contributed by atoms with Gasteiger partial charge >= 0.3 is 0 Å². The molecule has 172 valence electrons. The summed E-state index contributed by atoms with van der Waals surface area (Å²) in [6.45, 7) is 2.83. The molecule has 3 aromatic carbocycles. The lowest BCUT2D eigenvalue weighted by Crippen LogP contribution is -2.48. The van der Waals surface area contributed by atoms with Crippen LogP contribution >= 0.6 is 0 Å². The maximum atomic E-state index is 13.1. The molecule has 7 nitrogen and oxygen atoms in total. The van der Waals surface area contributed by atoms with Gasteiger partial charge in [0.15, 0.2) is 11.5 Å². The second-order valence-electron chi connectivity index (χ2n) is 8.13. The predicted molar refractivity (Wildman–Crippen MR) is 131 cm³/mol. The van der Waals surface area contributed by atoms with Gasteiger partial charge in [0.25, 0.3) is 11.8 Å². The topological polar surface area (TPSA) is 71.1 Å². The van der Waals surface area contributed by atoms with E-state index >= 15 is 0 Å². The number of methoxy groups -OCH3 is 1. The summed E-state index contributed by atoms with van der Waals surface area (Å²) in [5.74, 6) is 0.865. The van der Waals surface area contributed by atoms with Gasteiger partial charge in [-0.05, 0) is 42.5 Å². The predicted octanol–water partition coefficient (Wildman–Crippen LogP) is 4.03. The van der Waals surface area contributed by atoms with Crippen LogP contribution in [0.5, 0.6) is 11.5 Å². The normalized spacial score (nSPS) is 16.5. The molecule has 2 aliphatic heterocycles. The van der Waals surface area contributed by atoms with Gasteiger partial charge in [-0.2, -0.15) is 0 Å². The highest BCUT2D eigenvalue weighted by Crippen LogP contribution is 2.33. The molecule has 0 atom stereocenters. The first-order chi connectivity index (χ1) is 16.6. The molecular formula is C27H25N3O4. The molecule has 1 saturated heterocycles. The molecule has 2 amide bonds. The smallest absolute Gasteiger partial charge is 0.291 e. The highest BCUT2D eigenvalue weighted by atomic mass is 16.5.